The zero-order valence-electron chi connectivity index (χ0n) is 10.5. The van der Waals surface area contributed by atoms with Crippen molar-refractivity contribution >= 4 is 49.1 Å². The van der Waals surface area contributed by atoms with Gasteiger partial charge in [0.1, 0.15) is 5.82 Å². The number of nitrogen functional groups attached to an aromatic ring is 1. The normalized spacial score (nSPS) is 10.4. The fourth-order valence-electron chi connectivity index (χ4n) is 1.72. The second kappa shape index (κ2) is 5.93. The standard InChI is InChI=1S/C14H11Br2FN2O/c1-7-2-3-11(17)9(4-7)14(20)19-13-10(16)5-8(15)6-12(13)18/h2-6H,18H2,1H3,(H,19,20). The molecule has 0 aliphatic carbocycles. The highest BCUT2D eigenvalue weighted by Crippen LogP contribution is 2.33. The van der Waals surface area contributed by atoms with Crippen molar-refractivity contribution in [1.29, 1.82) is 0 Å². The van der Waals surface area contributed by atoms with E-state index < -0.39 is 11.7 Å². The average Bonchev–Trinajstić information content (AvgIpc) is 2.36. The Bertz CT molecular complexity index is 666. The molecule has 0 saturated carbocycles. The summed E-state index contributed by atoms with van der Waals surface area (Å²) in [5, 5.41) is 2.62. The van der Waals surface area contributed by atoms with Crippen molar-refractivity contribution in [3.8, 4) is 0 Å². The molecule has 1 amide bonds. The van der Waals surface area contributed by atoms with E-state index >= 15 is 0 Å². The third-order valence-electron chi connectivity index (χ3n) is 2.69. The summed E-state index contributed by atoms with van der Waals surface area (Å²) in [6, 6.07) is 7.78. The zero-order chi connectivity index (χ0) is 14.9. The molecule has 0 aliphatic rings. The molecular weight excluding hydrogens is 391 g/mol. The van der Waals surface area contributed by atoms with Crippen LogP contribution in [0, 0.1) is 12.7 Å². The number of hydrogen-bond acceptors (Lipinski definition) is 2. The monoisotopic (exact) mass is 400 g/mol. The Morgan fingerprint density at radius 2 is 1.95 bits per heavy atom. The first-order valence-electron chi connectivity index (χ1n) is 5.70. The van der Waals surface area contributed by atoms with Crippen LogP contribution in [0.15, 0.2) is 39.3 Å². The van der Waals surface area contributed by atoms with Crippen LogP contribution in [0.25, 0.3) is 0 Å². The number of anilines is 2. The lowest BCUT2D eigenvalue weighted by Gasteiger charge is -2.12. The van der Waals surface area contributed by atoms with Crippen LogP contribution in [0.1, 0.15) is 15.9 Å². The molecular formula is C14H11Br2FN2O. The lowest BCUT2D eigenvalue weighted by molar-refractivity contribution is 0.102. The molecule has 0 heterocycles. The molecule has 2 rings (SSSR count). The molecule has 104 valence electrons. The van der Waals surface area contributed by atoms with Gasteiger partial charge in [-0.1, -0.05) is 27.6 Å². The molecule has 0 aliphatic heterocycles. The number of nitrogens with two attached hydrogens (primary N) is 1. The van der Waals surface area contributed by atoms with Gasteiger partial charge in [-0.3, -0.25) is 4.79 Å². The summed E-state index contributed by atoms with van der Waals surface area (Å²) in [5.41, 5.74) is 7.44. The maximum Gasteiger partial charge on any atom is 0.258 e. The Morgan fingerprint density at radius 1 is 1.25 bits per heavy atom. The van der Waals surface area contributed by atoms with Gasteiger partial charge < -0.3 is 11.1 Å². The van der Waals surface area contributed by atoms with Crippen LogP contribution >= 0.6 is 31.9 Å². The number of carbonyl (C=O) groups is 1. The van der Waals surface area contributed by atoms with Gasteiger partial charge in [-0.25, -0.2) is 4.39 Å². The molecule has 0 atom stereocenters. The zero-order valence-corrected chi connectivity index (χ0v) is 13.7. The van der Waals surface area contributed by atoms with Gasteiger partial charge in [-0.05, 0) is 47.1 Å². The van der Waals surface area contributed by atoms with Crippen molar-refractivity contribution in [2.24, 2.45) is 0 Å². The number of carbonyl (C=O) groups excluding carboxylic acids is 1. The Hall–Kier alpha value is -1.40. The molecule has 2 aromatic carbocycles. The van der Waals surface area contributed by atoms with Crippen molar-refractivity contribution < 1.29 is 9.18 Å². The molecule has 6 heteroatoms. The molecule has 0 spiro atoms. The average molecular weight is 402 g/mol. The lowest BCUT2D eigenvalue weighted by Crippen LogP contribution is -2.15. The third-order valence-corrected chi connectivity index (χ3v) is 3.77. The number of amides is 1. The van der Waals surface area contributed by atoms with Gasteiger partial charge in [0.05, 0.1) is 16.9 Å². The number of aryl methyl sites for hydroxylation is 1. The van der Waals surface area contributed by atoms with Crippen LogP contribution in [-0.2, 0) is 0 Å². The van der Waals surface area contributed by atoms with Gasteiger partial charge in [0.25, 0.3) is 5.91 Å². The van der Waals surface area contributed by atoms with Crippen LogP contribution < -0.4 is 11.1 Å². The van der Waals surface area contributed by atoms with Crippen LogP contribution in [0.2, 0.25) is 0 Å². The third kappa shape index (κ3) is 3.19. The van der Waals surface area contributed by atoms with E-state index in [1.54, 1.807) is 25.1 Å². The summed E-state index contributed by atoms with van der Waals surface area (Å²) in [7, 11) is 0. The maximum absolute atomic E-state index is 13.7. The number of nitrogens with one attached hydrogen (secondary N) is 1. The SMILES string of the molecule is Cc1ccc(F)c(C(=O)Nc2c(N)cc(Br)cc2Br)c1. The van der Waals surface area contributed by atoms with Gasteiger partial charge in [-0.15, -0.1) is 0 Å². The van der Waals surface area contributed by atoms with E-state index in [1.807, 2.05) is 0 Å². The van der Waals surface area contributed by atoms with Crippen LogP contribution in [-0.4, -0.2) is 5.91 Å². The summed E-state index contributed by atoms with van der Waals surface area (Å²) < 4.78 is 15.1. The molecule has 0 radical (unpaired) electrons. The Kier molecular flexibility index (Phi) is 4.45. The first kappa shape index (κ1) is 15.0. The van der Waals surface area contributed by atoms with Gasteiger partial charge >= 0.3 is 0 Å². The van der Waals surface area contributed by atoms with Crippen LogP contribution in [0.5, 0.6) is 0 Å². The fraction of sp³-hybridized carbons (Fsp3) is 0.0714. The van der Waals surface area contributed by atoms with Crippen LogP contribution in [0.4, 0.5) is 15.8 Å². The van der Waals surface area contributed by atoms with Crippen molar-refractivity contribution in [3.05, 3.63) is 56.2 Å². The molecule has 0 unspecified atom stereocenters. The highest BCUT2D eigenvalue weighted by atomic mass is 79.9. The van der Waals surface area contributed by atoms with Gasteiger partial charge in [0.2, 0.25) is 0 Å². The molecule has 3 N–H and O–H groups in total. The Labute approximate surface area is 132 Å². The molecule has 0 fully saturated rings. The van der Waals surface area contributed by atoms with Crippen molar-refractivity contribution in [1.82, 2.24) is 0 Å². The topological polar surface area (TPSA) is 55.1 Å². The molecule has 0 bridgehead atoms. The smallest absolute Gasteiger partial charge is 0.258 e. The molecule has 0 aromatic heterocycles. The summed E-state index contributed by atoms with van der Waals surface area (Å²) in [4.78, 5) is 12.1. The highest BCUT2D eigenvalue weighted by Gasteiger charge is 2.15. The number of benzene rings is 2. The molecule has 2 aromatic rings. The molecule has 3 nitrogen and oxygen atoms in total. The fourth-order valence-corrected chi connectivity index (χ4v) is 3.08. The second-order valence-electron chi connectivity index (χ2n) is 4.29. The lowest BCUT2D eigenvalue weighted by atomic mass is 10.1. The largest absolute Gasteiger partial charge is 0.397 e. The van der Waals surface area contributed by atoms with E-state index in [1.165, 1.54) is 12.1 Å². The van der Waals surface area contributed by atoms with E-state index in [9.17, 15) is 9.18 Å². The maximum atomic E-state index is 13.7. The van der Waals surface area contributed by atoms with Crippen molar-refractivity contribution in [2.75, 3.05) is 11.1 Å². The van der Waals surface area contributed by atoms with Gasteiger partial charge in [0.15, 0.2) is 0 Å². The highest BCUT2D eigenvalue weighted by molar-refractivity contribution is 9.11. The number of halogens is 3. The van der Waals surface area contributed by atoms with E-state index in [-0.39, 0.29) is 5.56 Å². The first-order chi connectivity index (χ1) is 9.38. The summed E-state index contributed by atoms with van der Waals surface area (Å²) in [6.07, 6.45) is 0. The number of hydrogen-bond donors (Lipinski definition) is 2. The van der Waals surface area contributed by atoms with Crippen molar-refractivity contribution in [2.45, 2.75) is 6.92 Å². The van der Waals surface area contributed by atoms with Gasteiger partial charge in [-0.2, -0.15) is 0 Å². The molecule has 20 heavy (non-hydrogen) atoms. The predicted molar refractivity (Wildman–Crippen MR) is 85.3 cm³/mol. The predicted octanol–water partition coefficient (Wildman–Crippen LogP) is 4.49. The first-order valence-corrected chi connectivity index (χ1v) is 7.29. The van der Waals surface area contributed by atoms with Crippen molar-refractivity contribution in [3.63, 3.8) is 0 Å². The second-order valence-corrected chi connectivity index (χ2v) is 6.06. The van der Waals surface area contributed by atoms with Gasteiger partial charge in [0, 0.05) is 8.95 Å². The van der Waals surface area contributed by atoms with E-state index in [2.05, 4.69) is 37.2 Å². The number of rotatable bonds is 2. The summed E-state index contributed by atoms with van der Waals surface area (Å²) in [5.74, 6) is -1.11. The summed E-state index contributed by atoms with van der Waals surface area (Å²) >= 11 is 6.61. The minimum atomic E-state index is -0.570. The van der Waals surface area contributed by atoms with E-state index in [4.69, 9.17) is 5.73 Å². The molecule has 0 saturated heterocycles. The quantitative estimate of drug-likeness (QED) is 0.728. The Morgan fingerprint density at radius 3 is 2.60 bits per heavy atom. The summed E-state index contributed by atoms with van der Waals surface area (Å²) in [6.45, 7) is 1.79. The minimum Gasteiger partial charge on any atom is -0.397 e. The van der Waals surface area contributed by atoms with E-state index in [0.29, 0.717) is 15.8 Å². The minimum absolute atomic E-state index is 0.0146. The van der Waals surface area contributed by atoms with E-state index in [0.717, 1.165) is 10.0 Å². The Balaban J connectivity index is 2.35. The van der Waals surface area contributed by atoms with Crippen LogP contribution in [0.3, 0.4) is 0 Å².